The maximum Gasteiger partial charge on any atom is 0.300 e. The summed E-state index contributed by atoms with van der Waals surface area (Å²) >= 11 is 0. The second-order valence-electron chi connectivity index (χ2n) is 3.34. The van der Waals surface area contributed by atoms with Crippen LogP contribution in [-0.2, 0) is 9.05 Å². The van der Waals surface area contributed by atoms with E-state index in [9.17, 15) is 8.42 Å². The highest BCUT2D eigenvalue weighted by molar-refractivity contribution is 8.17. The first-order chi connectivity index (χ1) is 5.97. The van der Waals surface area contributed by atoms with Crippen LogP contribution < -0.4 is 0 Å². The minimum absolute atomic E-state index is 0.496. The number of hydrogen-bond donors (Lipinski definition) is 0. The van der Waals surface area contributed by atoms with Crippen molar-refractivity contribution in [2.45, 2.75) is 12.8 Å². The molecule has 0 aromatic rings. The fourth-order valence-corrected chi connectivity index (χ4v) is 1.88. The number of hydrogen-bond acceptors (Lipinski definition) is 3. The van der Waals surface area contributed by atoms with E-state index in [1.807, 2.05) is 12.3 Å². The quantitative estimate of drug-likeness (QED) is 0.487. The van der Waals surface area contributed by atoms with Gasteiger partial charge in [-0.1, -0.05) is 5.92 Å². The van der Waals surface area contributed by atoms with Crippen molar-refractivity contribution in [2.24, 2.45) is 5.92 Å². The van der Waals surface area contributed by atoms with E-state index in [0.717, 1.165) is 19.5 Å². The first-order valence-corrected chi connectivity index (χ1v) is 6.41. The summed E-state index contributed by atoms with van der Waals surface area (Å²) < 4.78 is 20.9. The fourth-order valence-electron chi connectivity index (χ4n) is 1.47. The molecule has 5 heteroatoms. The van der Waals surface area contributed by atoms with E-state index in [2.05, 4.69) is 10.8 Å². The van der Waals surface area contributed by atoms with Crippen LogP contribution in [0.1, 0.15) is 12.8 Å². The van der Waals surface area contributed by atoms with Gasteiger partial charge in [0.25, 0.3) is 0 Å². The largest absolute Gasteiger partial charge is 0.306 e. The summed E-state index contributed by atoms with van der Waals surface area (Å²) in [6.07, 6.45) is 1.71. The highest BCUT2D eigenvalue weighted by atomic mass is 35.7. The minimum Gasteiger partial charge on any atom is -0.306 e. The molecular formula is C8H12ClNO2S. The first-order valence-electron chi connectivity index (χ1n) is 4.10. The molecule has 0 aliphatic carbocycles. The van der Waals surface area contributed by atoms with Gasteiger partial charge in [0.05, 0.1) is 0 Å². The van der Waals surface area contributed by atoms with E-state index in [-0.39, 0.29) is 0 Å². The van der Waals surface area contributed by atoms with Crippen LogP contribution in [0.4, 0.5) is 0 Å². The number of likely N-dealkylation sites (tertiary alicyclic amines) is 1. The fraction of sp³-hybridized carbons (Fsp3) is 0.750. The lowest BCUT2D eigenvalue weighted by atomic mass is 10.1. The molecule has 0 N–H and O–H groups in total. The molecule has 1 rings (SSSR count). The zero-order chi connectivity index (χ0) is 9.90. The van der Waals surface area contributed by atoms with E-state index in [0.29, 0.717) is 12.3 Å². The minimum atomic E-state index is -3.63. The molecule has 1 atom stereocenters. The average molecular weight is 222 g/mol. The maximum absolute atomic E-state index is 10.5. The Morgan fingerprint density at radius 3 is 2.77 bits per heavy atom. The van der Waals surface area contributed by atoms with Crippen molar-refractivity contribution in [1.82, 2.24) is 4.90 Å². The molecule has 1 saturated heterocycles. The predicted octanol–water partition coefficient (Wildman–Crippen LogP) is 0.858. The molecule has 1 fully saturated rings. The van der Waals surface area contributed by atoms with Crippen LogP contribution in [0, 0.1) is 17.1 Å². The van der Waals surface area contributed by atoms with Crippen molar-refractivity contribution < 1.29 is 8.42 Å². The number of halogens is 1. The maximum atomic E-state index is 10.5. The van der Waals surface area contributed by atoms with E-state index in [1.165, 1.54) is 0 Å². The van der Waals surface area contributed by atoms with E-state index < -0.39 is 9.05 Å². The third kappa shape index (κ3) is 4.51. The zero-order valence-electron chi connectivity index (χ0n) is 7.46. The van der Waals surface area contributed by atoms with E-state index >= 15 is 0 Å². The molecule has 0 bridgehead atoms. The third-order valence-corrected chi connectivity index (χ3v) is 2.69. The van der Waals surface area contributed by atoms with Crippen LogP contribution in [0.15, 0.2) is 0 Å². The summed E-state index contributed by atoms with van der Waals surface area (Å²) in [5, 5.41) is 2.03. The van der Waals surface area contributed by atoms with Crippen molar-refractivity contribution >= 4 is 19.7 Å². The highest BCUT2D eigenvalue weighted by Crippen LogP contribution is 2.16. The molecule has 0 spiro atoms. The van der Waals surface area contributed by atoms with Gasteiger partial charge in [-0.05, 0) is 25.9 Å². The Morgan fingerprint density at radius 1 is 1.62 bits per heavy atom. The predicted molar refractivity (Wildman–Crippen MR) is 52.8 cm³/mol. The molecule has 3 nitrogen and oxygen atoms in total. The Labute approximate surface area is 83.5 Å². The van der Waals surface area contributed by atoms with Crippen LogP contribution >= 0.6 is 10.7 Å². The lowest BCUT2D eigenvalue weighted by Gasteiger charge is -2.05. The Morgan fingerprint density at radius 2 is 2.31 bits per heavy atom. The first kappa shape index (κ1) is 10.8. The molecule has 0 aromatic carbocycles. The standard InChI is InChI=1S/C8H12ClNO2S/c1-10-5-4-8(7-10)3-2-6-13(9,11)12/h8H,3-5,7H2,1H3. The second-order valence-corrected chi connectivity index (χ2v) is 5.64. The Kier molecular flexibility index (Phi) is 3.60. The molecule has 0 radical (unpaired) electrons. The van der Waals surface area contributed by atoms with Gasteiger partial charge in [0.2, 0.25) is 0 Å². The number of nitrogens with zero attached hydrogens (tertiary/aromatic N) is 1. The second kappa shape index (κ2) is 4.32. The highest BCUT2D eigenvalue weighted by Gasteiger charge is 2.17. The van der Waals surface area contributed by atoms with Crippen LogP contribution in [0.3, 0.4) is 0 Å². The molecule has 1 aliphatic heterocycles. The smallest absolute Gasteiger partial charge is 0.300 e. The van der Waals surface area contributed by atoms with Gasteiger partial charge in [0.1, 0.15) is 0 Å². The van der Waals surface area contributed by atoms with Gasteiger partial charge < -0.3 is 4.90 Å². The Hall–Kier alpha value is -0.240. The molecule has 1 heterocycles. The SMILES string of the molecule is CN1CCC(CC#CS(=O)(=O)Cl)C1. The molecule has 0 saturated carbocycles. The Bertz CT molecular complexity index is 328. The molecule has 1 unspecified atom stereocenters. The van der Waals surface area contributed by atoms with Gasteiger partial charge in [0, 0.05) is 28.9 Å². The summed E-state index contributed by atoms with van der Waals surface area (Å²) in [7, 11) is 3.35. The van der Waals surface area contributed by atoms with Crippen LogP contribution in [-0.4, -0.2) is 33.5 Å². The lowest BCUT2D eigenvalue weighted by molar-refractivity contribution is 0.397. The van der Waals surface area contributed by atoms with Crippen molar-refractivity contribution in [3.63, 3.8) is 0 Å². The summed E-state index contributed by atoms with van der Waals surface area (Å²) in [6.45, 7) is 2.07. The number of rotatable bonds is 1. The van der Waals surface area contributed by atoms with Gasteiger partial charge in [0.15, 0.2) is 0 Å². The molecule has 0 amide bonds. The van der Waals surface area contributed by atoms with Gasteiger partial charge in [-0.15, -0.1) is 0 Å². The van der Waals surface area contributed by atoms with Gasteiger partial charge in [-0.2, -0.15) is 8.42 Å². The monoisotopic (exact) mass is 221 g/mol. The molecule has 1 aliphatic rings. The Balaban J connectivity index is 2.38. The normalized spacial score (nSPS) is 24.0. The summed E-state index contributed by atoms with van der Waals surface area (Å²) in [5.41, 5.74) is 0. The molecule has 0 aromatic heterocycles. The van der Waals surface area contributed by atoms with Gasteiger partial charge >= 0.3 is 9.05 Å². The summed E-state index contributed by atoms with van der Waals surface area (Å²) in [5.74, 6) is 3.09. The van der Waals surface area contributed by atoms with Crippen molar-refractivity contribution in [1.29, 1.82) is 0 Å². The van der Waals surface area contributed by atoms with Gasteiger partial charge in [-0.25, -0.2) is 0 Å². The van der Waals surface area contributed by atoms with Crippen molar-refractivity contribution in [3.8, 4) is 11.2 Å². The summed E-state index contributed by atoms with van der Waals surface area (Å²) in [4.78, 5) is 2.21. The van der Waals surface area contributed by atoms with E-state index in [4.69, 9.17) is 10.7 Å². The lowest BCUT2D eigenvalue weighted by Crippen LogP contribution is -2.13. The summed E-state index contributed by atoms with van der Waals surface area (Å²) in [6, 6.07) is 0. The topological polar surface area (TPSA) is 37.4 Å². The van der Waals surface area contributed by atoms with Crippen molar-refractivity contribution in [3.05, 3.63) is 0 Å². The zero-order valence-corrected chi connectivity index (χ0v) is 9.03. The van der Waals surface area contributed by atoms with Crippen LogP contribution in [0.5, 0.6) is 0 Å². The van der Waals surface area contributed by atoms with Crippen LogP contribution in [0.2, 0.25) is 0 Å². The molecule has 74 valence electrons. The van der Waals surface area contributed by atoms with Crippen LogP contribution in [0.25, 0.3) is 0 Å². The molecular weight excluding hydrogens is 210 g/mol. The van der Waals surface area contributed by atoms with Crippen molar-refractivity contribution in [2.75, 3.05) is 20.1 Å². The molecule has 13 heavy (non-hydrogen) atoms. The van der Waals surface area contributed by atoms with Gasteiger partial charge in [-0.3, -0.25) is 0 Å². The van der Waals surface area contributed by atoms with E-state index in [1.54, 1.807) is 0 Å². The average Bonchev–Trinajstić information content (AvgIpc) is 2.33. The third-order valence-electron chi connectivity index (χ3n) is 2.07.